The average molecular weight is 126 g/mol. The summed E-state index contributed by atoms with van der Waals surface area (Å²) < 4.78 is 0. The zero-order valence-corrected chi connectivity index (χ0v) is 5.42. The standard InChI is InChI=1S/C6H10N2O/c1-8-4-2-3-7-5-6(8)9/h2-3,7H,4-5H2,1H3. The van der Waals surface area contributed by atoms with Crippen LogP contribution in [0.2, 0.25) is 0 Å². The summed E-state index contributed by atoms with van der Waals surface area (Å²) in [5.74, 6) is 0.139. The molecule has 0 radical (unpaired) electrons. The number of amides is 1. The highest BCUT2D eigenvalue weighted by atomic mass is 16.2. The van der Waals surface area contributed by atoms with Crippen molar-refractivity contribution < 1.29 is 4.79 Å². The Morgan fingerprint density at radius 3 is 3.33 bits per heavy atom. The molecule has 0 unspecified atom stereocenters. The molecule has 1 heterocycles. The van der Waals surface area contributed by atoms with Crippen molar-refractivity contribution in [2.24, 2.45) is 0 Å². The quantitative estimate of drug-likeness (QED) is 0.477. The molecule has 0 saturated carbocycles. The second-order valence-corrected chi connectivity index (χ2v) is 2.06. The Kier molecular flexibility index (Phi) is 1.72. The lowest BCUT2D eigenvalue weighted by atomic mass is 10.5. The van der Waals surface area contributed by atoms with E-state index in [9.17, 15) is 4.79 Å². The SMILES string of the molecule is CN1CC=CNCC1=O. The zero-order valence-electron chi connectivity index (χ0n) is 5.42. The van der Waals surface area contributed by atoms with Crippen LogP contribution >= 0.6 is 0 Å². The minimum absolute atomic E-state index is 0.139. The topological polar surface area (TPSA) is 32.3 Å². The predicted octanol–water partition coefficient (Wildman–Crippen LogP) is -0.438. The number of hydrogen-bond donors (Lipinski definition) is 1. The Balaban J connectivity index is 2.52. The third-order valence-corrected chi connectivity index (χ3v) is 1.29. The van der Waals surface area contributed by atoms with Crippen LogP contribution in [0.25, 0.3) is 0 Å². The maximum absolute atomic E-state index is 10.8. The van der Waals surface area contributed by atoms with Gasteiger partial charge in [0.1, 0.15) is 0 Å². The number of hydrogen-bond acceptors (Lipinski definition) is 2. The van der Waals surface area contributed by atoms with Crippen molar-refractivity contribution >= 4 is 5.91 Å². The molecule has 1 N–H and O–H groups in total. The first-order valence-electron chi connectivity index (χ1n) is 2.93. The monoisotopic (exact) mass is 126 g/mol. The van der Waals surface area contributed by atoms with Crippen LogP contribution in [0.3, 0.4) is 0 Å². The maximum Gasteiger partial charge on any atom is 0.241 e. The van der Waals surface area contributed by atoms with Gasteiger partial charge < -0.3 is 10.2 Å². The van der Waals surface area contributed by atoms with Gasteiger partial charge >= 0.3 is 0 Å². The summed E-state index contributed by atoms with van der Waals surface area (Å²) in [5, 5.41) is 2.86. The summed E-state index contributed by atoms with van der Waals surface area (Å²) in [4.78, 5) is 12.5. The van der Waals surface area contributed by atoms with Crippen LogP contribution in [0.1, 0.15) is 0 Å². The molecule has 0 saturated heterocycles. The van der Waals surface area contributed by atoms with E-state index >= 15 is 0 Å². The first-order chi connectivity index (χ1) is 4.30. The van der Waals surface area contributed by atoms with Gasteiger partial charge in [0.25, 0.3) is 0 Å². The third kappa shape index (κ3) is 1.45. The predicted molar refractivity (Wildman–Crippen MR) is 34.8 cm³/mol. The van der Waals surface area contributed by atoms with Gasteiger partial charge in [-0.3, -0.25) is 4.79 Å². The van der Waals surface area contributed by atoms with E-state index in [1.807, 2.05) is 6.08 Å². The summed E-state index contributed by atoms with van der Waals surface area (Å²) in [5.41, 5.74) is 0. The Morgan fingerprint density at radius 1 is 1.78 bits per heavy atom. The van der Waals surface area contributed by atoms with Crippen LogP contribution in [-0.2, 0) is 4.79 Å². The Labute approximate surface area is 54.3 Å². The highest BCUT2D eigenvalue weighted by Gasteiger charge is 2.06. The Bertz CT molecular complexity index is 142. The lowest BCUT2D eigenvalue weighted by Gasteiger charge is -2.10. The van der Waals surface area contributed by atoms with E-state index in [1.54, 1.807) is 18.1 Å². The number of carbonyl (C=O) groups is 1. The van der Waals surface area contributed by atoms with Crippen molar-refractivity contribution in [3.63, 3.8) is 0 Å². The van der Waals surface area contributed by atoms with Gasteiger partial charge in [-0.1, -0.05) is 0 Å². The smallest absolute Gasteiger partial charge is 0.241 e. The van der Waals surface area contributed by atoms with E-state index in [4.69, 9.17) is 0 Å². The summed E-state index contributed by atoms with van der Waals surface area (Å²) in [6.45, 7) is 1.14. The van der Waals surface area contributed by atoms with Crippen molar-refractivity contribution in [2.45, 2.75) is 0 Å². The number of nitrogens with zero attached hydrogens (tertiary/aromatic N) is 1. The van der Waals surface area contributed by atoms with Crippen molar-refractivity contribution in [1.82, 2.24) is 10.2 Å². The Hall–Kier alpha value is -0.990. The van der Waals surface area contributed by atoms with Crippen LogP contribution in [0.15, 0.2) is 12.3 Å². The molecule has 9 heavy (non-hydrogen) atoms. The summed E-state index contributed by atoms with van der Waals surface area (Å²) >= 11 is 0. The lowest BCUT2D eigenvalue weighted by molar-refractivity contribution is -0.128. The van der Waals surface area contributed by atoms with Gasteiger partial charge in [0.2, 0.25) is 5.91 Å². The van der Waals surface area contributed by atoms with Crippen LogP contribution in [0.5, 0.6) is 0 Å². The number of likely N-dealkylation sites (N-methyl/N-ethyl adjacent to an activating group) is 1. The van der Waals surface area contributed by atoms with Gasteiger partial charge in [-0.05, 0) is 12.3 Å². The number of rotatable bonds is 0. The zero-order chi connectivity index (χ0) is 6.69. The van der Waals surface area contributed by atoms with E-state index in [1.165, 1.54) is 0 Å². The molecule has 0 aromatic carbocycles. The second-order valence-electron chi connectivity index (χ2n) is 2.06. The summed E-state index contributed by atoms with van der Waals surface area (Å²) in [6, 6.07) is 0. The minimum Gasteiger partial charge on any atom is -0.382 e. The van der Waals surface area contributed by atoms with Gasteiger partial charge in [0.05, 0.1) is 6.54 Å². The van der Waals surface area contributed by atoms with Gasteiger partial charge in [-0.25, -0.2) is 0 Å². The number of nitrogens with one attached hydrogen (secondary N) is 1. The molecule has 0 atom stereocenters. The molecule has 0 bridgehead atoms. The van der Waals surface area contributed by atoms with E-state index < -0.39 is 0 Å². The molecule has 50 valence electrons. The van der Waals surface area contributed by atoms with E-state index in [2.05, 4.69) is 5.32 Å². The average Bonchev–Trinajstić information content (AvgIpc) is 1.99. The van der Waals surface area contributed by atoms with Gasteiger partial charge in [0, 0.05) is 13.6 Å². The van der Waals surface area contributed by atoms with E-state index in [0.717, 1.165) is 0 Å². The summed E-state index contributed by atoms with van der Waals surface area (Å²) in [7, 11) is 1.79. The van der Waals surface area contributed by atoms with E-state index in [-0.39, 0.29) is 5.91 Å². The molecule has 0 aromatic heterocycles. The molecule has 1 rings (SSSR count). The van der Waals surface area contributed by atoms with Crippen LogP contribution < -0.4 is 5.32 Å². The first kappa shape index (κ1) is 6.13. The highest BCUT2D eigenvalue weighted by molar-refractivity contribution is 5.78. The Morgan fingerprint density at radius 2 is 2.56 bits per heavy atom. The molecule has 3 nitrogen and oxygen atoms in total. The molecule has 0 fully saturated rings. The molecular formula is C6H10N2O. The fourth-order valence-corrected chi connectivity index (χ4v) is 0.677. The van der Waals surface area contributed by atoms with Gasteiger partial charge in [-0.15, -0.1) is 0 Å². The molecule has 1 aliphatic heterocycles. The summed E-state index contributed by atoms with van der Waals surface area (Å²) in [6.07, 6.45) is 3.73. The van der Waals surface area contributed by atoms with Gasteiger partial charge in [-0.2, -0.15) is 0 Å². The molecule has 1 amide bonds. The van der Waals surface area contributed by atoms with Crippen molar-refractivity contribution in [3.05, 3.63) is 12.3 Å². The molecule has 1 aliphatic rings. The third-order valence-electron chi connectivity index (χ3n) is 1.29. The van der Waals surface area contributed by atoms with Crippen LogP contribution in [0.4, 0.5) is 0 Å². The molecule has 3 heteroatoms. The van der Waals surface area contributed by atoms with Crippen molar-refractivity contribution in [3.8, 4) is 0 Å². The highest BCUT2D eigenvalue weighted by Crippen LogP contribution is 1.87. The normalized spacial score (nSPS) is 19.2. The molecular weight excluding hydrogens is 116 g/mol. The lowest BCUT2D eigenvalue weighted by Crippen LogP contribution is -2.31. The van der Waals surface area contributed by atoms with Crippen molar-refractivity contribution in [2.75, 3.05) is 20.1 Å². The number of carbonyl (C=O) groups excluding carboxylic acids is 1. The van der Waals surface area contributed by atoms with Crippen LogP contribution in [-0.4, -0.2) is 30.9 Å². The van der Waals surface area contributed by atoms with Gasteiger partial charge in [0.15, 0.2) is 0 Å². The molecule has 0 aromatic rings. The molecule has 0 spiro atoms. The maximum atomic E-state index is 10.8. The van der Waals surface area contributed by atoms with E-state index in [0.29, 0.717) is 13.1 Å². The fourth-order valence-electron chi connectivity index (χ4n) is 0.677. The molecule has 0 aliphatic carbocycles. The fraction of sp³-hybridized carbons (Fsp3) is 0.500. The van der Waals surface area contributed by atoms with Crippen LogP contribution in [0, 0.1) is 0 Å². The largest absolute Gasteiger partial charge is 0.382 e. The second kappa shape index (κ2) is 2.53. The first-order valence-corrected chi connectivity index (χ1v) is 2.93. The van der Waals surface area contributed by atoms with Crippen molar-refractivity contribution in [1.29, 1.82) is 0 Å². The minimum atomic E-state index is 0.139.